The Morgan fingerprint density at radius 3 is 2.83 bits per heavy atom. The molecule has 0 radical (unpaired) electrons. The Bertz CT molecular complexity index is 345. The predicted molar refractivity (Wildman–Crippen MR) is 79.4 cm³/mol. The second-order valence-corrected chi connectivity index (χ2v) is 6.10. The Hall–Kier alpha value is -0.610. The summed E-state index contributed by atoms with van der Waals surface area (Å²) in [6.45, 7) is 7.58. The largest absolute Gasteiger partial charge is 0.345 e. The summed E-state index contributed by atoms with van der Waals surface area (Å²) < 4.78 is 0. The molecule has 102 valence electrons. The van der Waals surface area contributed by atoms with Gasteiger partial charge in [0.25, 0.3) is 0 Å². The Kier molecular flexibility index (Phi) is 5.45. The summed E-state index contributed by atoms with van der Waals surface area (Å²) in [5, 5.41) is 4.66. The van der Waals surface area contributed by atoms with Crippen LogP contribution < -0.4 is 10.2 Å². The van der Waals surface area contributed by atoms with E-state index in [1.165, 1.54) is 42.1 Å². The average molecular weight is 267 g/mol. The van der Waals surface area contributed by atoms with Crippen LogP contribution in [-0.4, -0.2) is 24.1 Å². The van der Waals surface area contributed by atoms with Crippen LogP contribution in [0.15, 0.2) is 6.20 Å². The van der Waals surface area contributed by atoms with Crippen LogP contribution in [0.4, 0.5) is 5.13 Å². The number of hydrogen-bond acceptors (Lipinski definition) is 4. The third kappa shape index (κ3) is 3.45. The van der Waals surface area contributed by atoms with Gasteiger partial charge in [-0.2, -0.15) is 0 Å². The van der Waals surface area contributed by atoms with Gasteiger partial charge in [0.15, 0.2) is 5.13 Å². The highest BCUT2D eigenvalue weighted by atomic mass is 32.1. The van der Waals surface area contributed by atoms with Crippen LogP contribution in [0, 0.1) is 0 Å². The first kappa shape index (κ1) is 13.8. The molecule has 4 heteroatoms. The van der Waals surface area contributed by atoms with E-state index in [1.807, 2.05) is 17.5 Å². The summed E-state index contributed by atoms with van der Waals surface area (Å²) in [6, 6.07) is 0.734. The lowest BCUT2D eigenvalue weighted by Gasteiger charge is -2.26. The molecule has 3 nitrogen and oxygen atoms in total. The average Bonchev–Trinajstić information content (AvgIpc) is 3.03. The molecule has 18 heavy (non-hydrogen) atoms. The lowest BCUT2D eigenvalue weighted by Crippen LogP contribution is -2.32. The summed E-state index contributed by atoms with van der Waals surface area (Å²) in [5.41, 5.74) is 0. The quantitative estimate of drug-likeness (QED) is 0.767. The van der Waals surface area contributed by atoms with Crippen LogP contribution in [0.25, 0.3) is 0 Å². The van der Waals surface area contributed by atoms with E-state index < -0.39 is 0 Å². The molecule has 1 aromatic rings. The topological polar surface area (TPSA) is 28.2 Å². The standard InChI is InChI=1S/C14H25N3S/c1-3-9-15-10-13-11-16-14(18-13)17(4-2)12-7-5-6-8-12/h11-12,15H,3-10H2,1-2H3. The minimum absolute atomic E-state index is 0.734. The molecule has 1 fully saturated rings. The number of anilines is 1. The highest BCUT2D eigenvalue weighted by molar-refractivity contribution is 7.15. The Morgan fingerprint density at radius 2 is 2.17 bits per heavy atom. The monoisotopic (exact) mass is 267 g/mol. The zero-order valence-corrected chi connectivity index (χ0v) is 12.4. The van der Waals surface area contributed by atoms with Gasteiger partial charge in [-0.05, 0) is 32.7 Å². The second kappa shape index (κ2) is 7.10. The normalized spacial score (nSPS) is 16.3. The number of aromatic nitrogens is 1. The lowest BCUT2D eigenvalue weighted by atomic mass is 10.2. The van der Waals surface area contributed by atoms with E-state index in [0.29, 0.717) is 0 Å². The molecule has 0 amide bonds. The number of thiazole rings is 1. The second-order valence-electron chi connectivity index (χ2n) is 5.01. The molecule has 0 aliphatic heterocycles. The molecule has 0 unspecified atom stereocenters. The van der Waals surface area contributed by atoms with Gasteiger partial charge in [-0.25, -0.2) is 4.98 Å². The fourth-order valence-corrected chi connectivity index (χ4v) is 3.68. The Morgan fingerprint density at radius 1 is 1.39 bits per heavy atom. The van der Waals surface area contributed by atoms with Crippen molar-refractivity contribution in [3.63, 3.8) is 0 Å². The van der Waals surface area contributed by atoms with Crippen LogP contribution in [0.5, 0.6) is 0 Å². The molecule has 2 rings (SSSR count). The summed E-state index contributed by atoms with van der Waals surface area (Å²) in [4.78, 5) is 8.47. The molecule has 0 saturated heterocycles. The van der Waals surface area contributed by atoms with Gasteiger partial charge in [-0.3, -0.25) is 0 Å². The van der Waals surface area contributed by atoms with Crippen molar-refractivity contribution < 1.29 is 0 Å². The van der Waals surface area contributed by atoms with Crippen molar-refractivity contribution in [1.82, 2.24) is 10.3 Å². The van der Waals surface area contributed by atoms with E-state index in [-0.39, 0.29) is 0 Å². The zero-order valence-electron chi connectivity index (χ0n) is 11.6. The predicted octanol–water partition coefficient (Wildman–Crippen LogP) is 3.41. The van der Waals surface area contributed by atoms with E-state index in [2.05, 4.69) is 29.0 Å². The van der Waals surface area contributed by atoms with Crippen molar-refractivity contribution >= 4 is 16.5 Å². The van der Waals surface area contributed by atoms with E-state index in [0.717, 1.165) is 25.7 Å². The SMILES string of the molecule is CCCNCc1cnc(N(CC)C2CCCC2)s1. The number of rotatable bonds is 7. The first-order valence-corrected chi connectivity index (χ1v) is 8.08. The molecular formula is C14H25N3S. The minimum atomic E-state index is 0.734. The minimum Gasteiger partial charge on any atom is -0.345 e. The van der Waals surface area contributed by atoms with Crippen LogP contribution in [0.1, 0.15) is 50.8 Å². The molecule has 0 spiro atoms. The van der Waals surface area contributed by atoms with Crippen molar-refractivity contribution in [3.05, 3.63) is 11.1 Å². The van der Waals surface area contributed by atoms with Crippen LogP contribution in [-0.2, 0) is 6.54 Å². The summed E-state index contributed by atoms with van der Waals surface area (Å²) in [5.74, 6) is 0. The fraction of sp³-hybridized carbons (Fsp3) is 0.786. The van der Waals surface area contributed by atoms with Crippen molar-refractivity contribution in [3.8, 4) is 0 Å². The van der Waals surface area contributed by atoms with Crippen molar-refractivity contribution in [2.75, 3.05) is 18.0 Å². The Balaban J connectivity index is 1.94. The number of nitrogens with one attached hydrogen (secondary N) is 1. The zero-order chi connectivity index (χ0) is 12.8. The summed E-state index contributed by atoms with van der Waals surface area (Å²) >= 11 is 1.86. The third-order valence-electron chi connectivity index (χ3n) is 3.62. The molecule has 0 bridgehead atoms. The molecule has 1 aromatic heterocycles. The van der Waals surface area contributed by atoms with Crippen LogP contribution in [0.3, 0.4) is 0 Å². The van der Waals surface area contributed by atoms with E-state index in [4.69, 9.17) is 0 Å². The summed E-state index contributed by atoms with van der Waals surface area (Å²) in [6.07, 6.45) is 8.69. The maximum Gasteiger partial charge on any atom is 0.185 e. The van der Waals surface area contributed by atoms with Gasteiger partial charge < -0.3 is 10.2 Å². The first-order chi connectivity index (χ1) is 8.85. The van der Waals surface area contributed by atoms with Gasteiger partial charge in [-0.15, -0.1) is 11.3 Å². The van der Waals surface area contributed by atoms with Gasteiger partial charge in [0.2, 0.25) is 0 Å². The van der Waals surface area contributed by atoms with Crippen LogP contribution >= 0.6 is 11.3 Å². The molecule has 0 aromatic carbocycles. The van der Waals surface area contributed by atoms with Gasteiger partial charge in [0, 0.05) is 30.2 Å². The van der Waals surface area contributed by atoms with E-state index >= 15 is 0 Å². The number of hydrogen-bond donors (Lipinski definition) is 1. The van der Waals surface area contributed by atoms with E-state index in [1.54, 1.807) is 0 Å². The smallest absolute Gasteiger partial charge is 0.185 e. The van der Waals surface area contributed by atoms with Gasteiger partial charge in [0.1, 0.15) is 0 Å². The van der Waals surface area contributed by atoms with Gasteiger partial charge in [0.05, 0.1) is 0 Å². The van der Waals surface area contributed by atoms with Crippen molar-refractivity contribution in [2.24, 2.45) is 0 Å². The molecule has 0 atom stereocenters. The maximum atomic E-state index is 4.62. The number of nitrogens with zero attached hydrogens (tertiary/aromatic N) is 2. The van der Waals surface area contributed by atoms with E-state index in [9.17, 15) is 0 Å². The maximum absolute atomic E-state index is 4.62. The fourth-order valence-electron chi connectivity index (χ4n) is 2.67. The molecule has 1 aliphatic carbocycles. The molecular weight excluding hydrogens is 242 g/mol. The Labute approximate surface area is 115 Å². The first-order valence-electron chi connectivity index (χ1n) is 7.27. The molecule has 1 saturated carbocycles. The summed E-state index contributed by atoms with van der Waals surface area (Å²) in [7, 11) is 0. The highest BCUT2D eigenvalue weighted by Gasteiger charge is 2.23. The van der Waals surface area contributed by atoms with Crippen molar-refractivity contribution in [1.29, 1.82) is 0 Å². The van der Waals surface area contributed by atoms with Crippen molar-refractivity contribution in [2.45, 2.75) is 58.5 Å². The van der Waals surface area contributed by atoms with Crippen LogP contribution in [0.2, 0.25) is 0 Å². The highest BCUT2D eigenvalue weighted by Crippen LogP contribution is 2.30. The lowest BCUT2D eigenvalue weighted by molar-refractivity contribution is 0.618. The molecule has 1 heterocycles. The van der Waals surface area contributed by atoms with Gasteiger partial charge >= 0.3 is 0 Å². The molecule has 1 aliphatic rings. The molecule has 1 N–H and O–H groups in total. The third-order valence-corrected chi connectivity index (χ3v) is 4.65. The van der Waals surface area contributed by atoms with Gasteiger partial charge in [-0.1, -0.05) is 19.8 Å².